The first-order valence-corrected chi connectivity index (χ1v) is 8.60. The largest absolute Gasteiger partial charge is 0.418 e. The van der Waals surface area contributed by atoms with Crippen molar-refractivity contribution in [1.29, 1.82) is 0 Å². The van der Waals surface area contributed by atoms with Gasteiger partial charge in [-0.25, -0.2) is 14.8 Å². The highest BCUT2D eigenvalue weighted by Gasteiger charge is 2.33. The van der Waals surface area contributed by atoms with Gasteiger partial charge in [0.1, 0.15) is 0 Å². The van der Waals surface area contributed by atoms with Crippen LogP contribution in [0.25, 0.3) is 0 Å². The van der Waals surface area contributed by atoms with Gasteiger partial charge in [0.05, 0.1) is 28.3 Å². The third-order valence-corrected chi connectivity index (χ3v) is 4.37. The molecular formula is C18H20F3N5O. The number of nitrogens with one attached hydrogen (secondary N) is 2. The Kier molecular flexibility index (Phi) is 5.20. The second kappa shape index (κ2) is 7.42. The Morgan fingerprint density at radius 2 is 1.63 bits per heavy atom. The molecule has 2 aromatic rings. The molecule has 1 saturated heterocycles. The fourth-order valence-electron chi connectivity index (χ4n) is 3.04. The van der Waals surface area contributed by atoms with Gasteiger partial charge < -0.3 is 15.5 Å². The second-order valence-corrected chi connectivity index (χ2v) is 6.39. The van der Waals surface area contributed by atoms with Crippen LogP contribution in [0, 0.1) is 13.8 Å². The van der Waals surface area contributed by atoms with E-state index < -0.39 is 17.8 Å². The summed E-state index contributed by atoms with van der Waals surface area (Å²) >= 11 is 0. The van der Waals surface area contributed by atoms with E-state index in [1.54, 1.807) is 13.8 Å². The summed E-state index contributed by atoms with van der Waals surface area (Å²) in [5.74, 6) is 0.607. The molecule has 1 fully saturated rings. The van der Waals surface area contributed by atoms with Crippen LogP contribution in [0.4, 0.5) is 35.3 Å². The quantitative estimate of drug-likeness (QED) is 0.832. The van der Waals surface area contributed by atoms with Crippen LogP contribution in [0.15, 0.2) is 24.3 Å². The summed E-state index contributed by atoms with van der Waals surface area (Å²) in [4.78, 5) is 23.2. The molecule has 0 atom stereocenters. The summed E-state index contributed by atoms with van der Waals surface area (Å²) in [7, 11) is 0. The Hall–Kier alpha value is -2.84. The van der Waals surface area contributed by atoms with E-state index in [9.17, 15) is 18.0 Å². The van der Waals surface area contributed by atoms with Gasteiger partial charge in [-0.05, 0) is 38.8 Å². The highest BCUT2D eigenvalue weighted by Crippen LogP contribution is 2.34. The zero-order valence-corrected chi connectivity index (χ0v) is 15.0. The van der Waals surface area contributed by atoms with Gasteiger partial charge in [-0.15, -0.1) is 0 Å². The summed E-state index contributed by atoms with van der Waals surface area (Å²) in [6.07, 6.45) is -2.39. The molecule has 1 aromatic carbocycles. The molecule has 3 rings (SSSR count). The van der Waals surface area contributed by atoms with Crippen LogP contribution in [0.3, 0.4) is 0 Å². The number of nitrogens with zero attached hydrogens (tertiary/aromatic N) is 3. The van der Waals surface area contributed by atoms with Crippen molar-refractivity contribution < 1.29 is 18.0 Å². The smallest absolute Gasteiger partial charge is 0.341 e. The Balaban J connectivity index is 1.77. The monoisotopic (exact) mass is 379 g/mol. The molecule has 0 bridgehead atoms. The molecule has 9 heteroatoms. The Morgan fingerprint density at radius 1 is 1.04 bits per heavy atom. The van der Waals surface area contributed by atoms with Crippen LogP contribution >= 0.6 is 0 Å². The molecule has 2 amide bonds. The number of aryl methyl sites for hydroxylation is 2. The predicted octanol–water partition coefficient (Wildman–Crippen LogP) is 4.36. The Morgan fingerprint density at radius 3 is 2.22 bits per heavy atom. The SMILES string of the molecule is Cc1nc(N2CCCC2)nc(C)c1NC(=O)Nc1ccccc1C(F)(F)F. The van der Waals surface area contributed by atoms with Gasteiger partial charge in [-0.3, -0.25) is 0 Å². The maximum atomic E-state index is 13.0. The number of hydrogen-bond donors (Lipinski definition) is 2. The van der Waals surface area contributed by atoms with Crippen LogP contribution < -0.4 is 15.5 Å². The van der Waals surface area contributed by atoms with E-state index in [4.69, 9.17) is 0 Å². The topological polar surface area (TPSA) is 70.2 Å². The van der Waals surface area contributed by atoms with Crippen LogP contribution in [-0.4, -0.2) is 29.1 Å². The number of hydrogen-bond acceptors (Lipinski definition) is 4. The number of rotatable bonds is 3. The Labute approximate surface area is 154 Å². The lowest BCUT2D eigenvalue weighted by atomic mass is 10.1. The zero-order chi connectivity index (χ0) is 19.6. The maximum absolute atomic E-state index is 13.0. The van der Waals surface area contributed by atoms with Gasteiger partial charge >= 0.3 is 12.2 Å². The van der Waals surface area contributed by atoms with Gasteiger partial charge in [-0.2, -0.15) is 13.2 Å². The van der Waals surface area contributed by atoms with E-state index in [1.807, 2.05) is 0 Å². The fraction of sp³-hybridized carbons (Fsp3) is 0.389. The lowest BCUT2D eigenvalue weighted by Gasteiger charge is -2.19. The number of alkyl halides is 3. The van der Waals surface area contributed by atoms with Gasteiger partial charge in [-0.1, -0.05) is 12.1 Å². The van der Waals surface area contributed by atoms with Crippen molar-refractivity contribution in [2.75, 3.05) is 28.6 Å². The van der Waals surface area contributed by atoms with E-state index in [0.717, 1.165) is 32.0 Å². The van der Waals surface area contributed by atoms with Crippen LogP contribution in [0.5, 0.6) is 0 Å². The summed E-state index contributed by atoms with van der Waals surface area (Å²) in [6, 6.07) is 4.03. The number of halogens is 3. The number of amides is 2. The van der Waals surface area contributed by atoms with Crippen molar-refractivity contribution in [3.63, 3.8) is 0 Å². The minimum Gasteiger partial charge on any atom is -0.341 e. The first kappa shape index (κ1) is 18.9. The molecule has 0 radical (unpaired) electrons. The first-order valence-electron chi connectivity index (χ1n) is 8.60. The molecule has 2 heterocycles. The van der Waals surface area contributed by atoms with E-state index in [1.165, 1.54) is 18.2 Å². The minimum atomic E-state index is -4.56. The highest BCUT2D eigenvalue weighted by atomic mass is 19.4. The molecule has 0 spiro atoms. The number of para-hydroxylation sites is 1. The first-order chi connectivity index (χ1) is 12.8. The Bertz CT molecular complexity index is 824. The van der Waals surface area contributed by atoms with Crippen molar-refractivity contribution in [2.45, 2.75) is 32.9 Å². The number of aromatic nitrogens is 2. The molecule has 0 saturated carbocycles. The third-order valence-electron chi connectivity index (χ3n) is 4.37. The van der Waals surface area contributed by atoms with Gasteiger partial charge in [0.25, 0.3) is 0 Å². The van der Waals surface area contributed by atoms with Gasteiger partial charge in [0.15, 0.2) is 0 Å². The van der Waals surface area contributed by atoms with Crippen molar-refractivity contribution in [2.24, 2.45) is 0 Å². The van der Waals surface area contributed by atoms with Gasteiger partial charge in [0, 0.05) is 13.1 Å². The number of anilines is 3. The van der Waals surface area contributed by atoms with Crippen molar-refractivity contribution in [3.05, 3.63) is 41.2 Å². The summed E-state index contributed by atoms with van der Waals surface area (Å²) < 4.78 is 39.1. The average Bonchev–Trinajstić information content (AvgIpc) is 3.12. The van der Waals surface area contributed by atoms with Crippen LogP contribution in [0.2, 0.25) is 0 Å². The van der Waals surface area contributed by atoms with Gasteiger partial charge in [0.2, 0.25) is 5.95 Å². The number of carbonyl (C=O) groups excluding carboxylic acids is 1. The van der Waals surface area contributed by atoms with E-state index in [-0.39, 0.29) is 5.69 Å². The lowest BCUT2D eigenvalue weighted by molar-refractivity contribution is -0.136. The van der Waals surface area contributed by atoms with Crippen molar-refractivity contribution in [3.8, 4) is 0 Å². The fourth-order valence-corrected chi connectivity index (χ4v) is 3.04. The molecule has 6 nitrogen and oxygen atoms in total. The molecule has 0 unspecified atom stereocenters. The maximum Gasteiger partial charge on any atom is 0.418 e. The molecule has 1 aliphatic rings. The molecular weight excluding hydrogens is 359 g/mol. The standard InChI is InChI=1S/C18H20F3N5O/c1-11-15(12(2)23-16(22-11)26-9-5-6-10-26)25-17(27)24-14-8-4-3-7-13(14)18(19,20)21/h3-4,7-8H,5-6,9-10H2,1-2H3,(H2,24,25,27). The molecule has 0 aliphatic carbocycles. The molecule has 1 aliphatic heterocycles. The number of benzene rings is 1. The summed E-state index contributed by atoms with van der Waals surface area (Å²) in [5.41, 5.74) is 0.286. The summed E-state index contributed by atoms with van der Waals surface area (Å²) in [5, 5.41) is 4.82. The minimum absolute atomic E-state index is 0.313. The predicted molar refractivity (Wildman–Crippen MR) is 97.0 cm³/mol. The molecule has 2 N–H and O–H groups in total. The third kappa shape index (κ3) is 4.29. The highest BCUT2D eigenvalue weighted by molar-refractivity contribution is 6.01. The van der Waals surface area contributed by atoms with Crippen LogP contribution in [0.1, 0.15) is 29.8 Å². The molecule has 1 aromatic heterocycles. The van der Waals surface area contributed by atoms with Crippen molar-refractivity contribution in [1.82, 2.24) is 9.97 Å². The molecule has 27 heavy (non-hydrogen) atoms. The van der Waals surface area contributed by atoms with E-state index in [2.05, 4.69) is 25.5 Å². The molecule has 144 valence electrons. The second-order valence-electron chi connectivity index (χ2n) is 6.39. The average molecular weight is 379 g/mol. The van der Waals surface area contributed by atoms with Crippen molar-refractivity contribution >= 4 is 23.4 Å². The normalized spacial score (nSPS) is 14.3. The number of urea groups is 1. The number of carbonyl (C=O) groups is 1. The van der Waals surface area contributed by atoms with E-state index >= 15 is 0 Å². The summed E-state index contributed by atoms with van der Waals surface area (Å²) in [6.45, 7) is 5.24. The van der Waals surface area contributed by atoms with Crippen LogP contribution in [-0.2, 0) is 6.18 Å². The lowest BCUT2D eigenvalue weighted by Crippen LogP contribution is -2.25. The van der Waals surface area contributed by atoms with E-state index in [0.29, 0.717) is 23.0 Å². The zero-order valence-electron chi connectivity index (χ0n) is 15.0.